The molecule has 0 unspecified atom stereocenters. The van der Waals surface area contributed by atoms with Crippen LogP contribution in [0.15, 0.2) is 47.3 Å². The van der Waals surface area contributed by atoms with E-state index in [0.717, 1.165) is 28.6 Å². The topological polar surface area (TPSA) is 74.5 Å². The minimum atomic E-state index is -4.51. The summed E-state index contributed by atoms with van der Waals surface area (Å²) in [6, 6.07) is 10.5. The first-order valence-corrected chi connectivity index (χ1v) is 10.3. The molecular weight excluding hydrogens is 425 g/mol. The summed E-state index contributed by atoms with van der Waals surface area (Å²) in [5, 5.41) is 10.8. The van der Waals surface area contributed by atoms with Crippen molar-refractivity contribution < 1.29 is 13.2 Å². The van der Waals surface area contributed by atoms with Gasteiger partial charge in [-0.25, -0.2) is 4.98 Å². The van der Waals surface area contributed by atoms with Crippen molar-refractivity contribution in [2.75, 3.05) is 0 Å². The summed E-state index contributed by atoms with van der Waals surface area (Å²) < 4.78 is 41.4. The van der Waals surface area contributed by atoms with E-state index >= 15 is 0 Å². The third-order valence-corrected chi connectivity index (χ3v) is 5.99. The fourth-order valence-corrected chi connectivity index (χ4v) is 4.23. The SMILES string of the molecule is CC(C)(C)c1ccc2nc(-n3[nH]c(-c4cccc(C(F)(F)F)c4)c(C=N)c3=O)sc2c1. The molecule has 2 heterocycles. The molecule has 4 aromatic rings. The predicted molar refractivity (Wildman–Crippen MR) is 117 cm³/mol. The minimum absolute atomic E-state index is 0.0334. The van der Waals surface area contributed by atoms with Gasteiger partial charge in [-0.2, -0.15) is 17.9 Å². The minimum Gasteiger partial charge on any atom is -0.308 e. The molecule has 0 radical (unpaired) electrons. The van der Waals surface area contributed by atoms with Crippen LogP contribution in [0.25, 0.3) is 26.6 Å². The Morgan fingerprint density at radius 2 is 1.84 bits per heavy atom. The maximum atomic E-state index is 13.1. The lowest BCUT2D eigenvalue weighted by Crippen LogP contribution is -2.16. The first kappa shape index (κ1) is 21.0. The lowest BCUT2D eigenvalue weighted by Gasteiger charge is -2.18. The van der Waals surface area contributed by atoms with E-state index in [1.807, 2.05) is 18.2 Å². The van der Waals surface area contributed by atoms with Crippen molar-refractivity contribution in [1.29, 1.82) is 5.41 Å². The number of fused-ring (bicyclic) bond motifs is 1. The number of nitrogens with zero attached hydrogens (tertiary/aromatic N) is 2. The molecule has 0 aliphatic rings. The number of alkyl halides is 3. The van der Waals surface area contributed by atoms with Crippen molar-refractivity contribution in [1.82, 2.24) is 14.8 Å². The van der Waals surface area contributed by atoms with Gasteiger partial charge in [0.1, 0.15) is 0 Å². The Balaban J connectivity index is 1.86. The van der Waals surface area contributed by atoms with Gasteiger partial charge in [0, 0.05) is 11.8 Å². The van der Waals surface area contributed by atoms with Crippen molar-refractivity contribution in [2.24, 2.45) is 0 Å². The van der Waals surface area contributed by atoms with Gasteiger partial charge in [0.2, 0.25) is 5.13 Å². The van der Waals surface area contributed by atoms with Crippen LogP contribution >= 0.6 is 11.3 Å². The highest BCUT2D eigenvalue weighted by Gasteiger charge is 2.31. The molecule has 4 rings (SSSR count). The number of nitrogens with one attached hydrogen (secondary N) is 2. The van der Waals surface area contributed by atoms with Crippen LogP contribution < -0.4 is 5.56 Å². The molecule has 0 spiro atoms. The molecule has 0 aliphatic carbocycles. The quantitative estimate of drug-likeness (QED) is 0.395. The second-order valence-corrected chi connectivity index (χ2v) is 9.20. The highest BCUT2D eigenvalue weighted by atomic mass is 32.1. The molecule has 31 heavy (non-hydrogen) atoms. The molecule has 160 valence electrons. The van der Waals surface area contributed by atoms with Gasteiger partial charge in [-0.15, -0.1) is 0 Å². The molecule has 0 atom stereocenters. The van der Waals surface area contributed by atoms with Crippen LogP contribution in [0.4, 0.5) is 13.2 Å². The standard InChI is InChI=1S/C22H19F3N4OS/c1-21(2,3)13-7-8-16-17(10-13)31-20(27-16)29-19(30)15(11-26)18(28-29)12-5-4-6-14(9-12)22(23,24)25/h4-11,26,28H,1-3H3. The normalized spacial score (nSPS) is 12.5. The Kier molecular flexibility index (Phi) is 4.88. The van der Waals surface area contributed by atoms with Crippen molar-refractivity contribution in [3.05, 3.63) is 69.5 Å². The fraction of sp³-hybridized carbons (Fsp3) is 0.227. The predicted octanol–water partition coefficient (Wildman–Crippen LogP) is 5.76. The van der Waals surface area contributed by atoms with Crippen LogP contribution in [0, 0.1) is 5.41 Å². The molecule has 0 saturated carbocycles. The molecule has 2 aromatic carbocycles. The van der Waals surface area contributed by atoms with Crippen LogP contribution in [0.1, 0.15) is 37.5 Å². The molecule has 0 aliphatic heterocycles. The lowest BCUT2D eigenvalue weighted by molar-refractivity contribution is -0.137. The van der Waals surface area contributed by atoms with Gasteiger partial charge in [-0.3, -0.25) is 9.89 Å². The van der Waals surface area contributed by atoms with E-state index in [0.29, 0.717) is 10.6 Å². The third-order valence-electron chi connectivity index (χ3n) is 4.98. The molecular formula is C22H19F3N4OS. The van der Waals surface area contributed by atoms with Gasteiger partial charge >= 0.3 is 6.18 Å². The van der Waals surface area contributed by atoms with E-state index in [4.69, 9.17) is 5.41 Å². The van der Waals surface area contributed by atoms with Gasteiger partial charge in [0.05, 0.1) is 27.0 Å². The molecule has 9 heteroatoms. The number of thiazole rings is 1. The van der Waals surface area contributed by atoms with Crippen molar-refractivity contribution >= 4 is 27.8 Å². The molecule has 0 fully saturated rings. The molecule has 0 saturated heterocycles. The molecule has 5 nitrogen and oxygen atoms in total. The maximum absolute atomic E-state index is 13.1. The maximum Gasteiger partial charge on any atom is 0.416 e. The fourth-order valence-electron chi connectivity index (χ4n) is 3.26. The number of rotatable bonds is 3. The molecule has 2 aromatic heterocycles. The summed E-state index contributed by atoms with van der Waals surface area (Å²) >= 11 is 1.30. The van der Waals surface area contributed by atoms with Gasteiger partial charge in [-0.1, -0.05) is 50.3 Å². The van der Waals surface area contributed by atoms with Crippen LogP contribution in [0.2, 0.25) is 0 Å². The van der Waals surface area contributed by atoms with E-state index in [1.165, 1.54) is 28.2 Å². The second-order valence-electron chi connectivity index (χ2n) is 8.19. The van der Waals surface area contributed by atoms with Crippen molar-refractivity contribution in [2.45, 2.75) is 32.4 Å². The van der Waals surface area contributed by atoms with Gasteiger partial charge in [0.15, 0.2) is 0 Å². The Morgan fingerprint density at radius 1 is 1.10 bits per heavy atom. The number of halogens is 3. The number of benzene rings is 2. The summed E-state index contributed by atoms with van der Waals surface area (Å²) in [4.78, 5) is 17.4. The largest absolute Gasteiger partial charge is 0.416 e. The summed E-state index contributed by atoms with van der Waals surface area (Å²) in [6.45, 7) is 6.30. The Labute approximate surface area is 179 Å². The van der Waals surface area contributed by atoms with Gasteiger partial charge in [0.25, 0.3) is 5.56 Å². The number of aromatic amines is 1. The average molecular weight is 444 g/mol. The van der Waals surface area contributed by atoms with E-state index < -0.39 is 17.3 Å². The smallest absolute Gasteiger partial charge is 0.308 e. The highest BCUT2D eigenvalue weighted by molar-refractivity contribution is 7.20. The van der Waals surface area contributed by atoms with Crippen molar-refractivity contribution in [3.63, 3.8) is 0 Å². The van der Waals surface area contributed by atoms with Gasteiger partial charge in [-0.05, 0) is 35.2 Å². The number of H-pyrrole nitrogens is 1. The summed E-state index contributed by atoms with van der Waals surface area (Å²) in [5.41, 5.74) is 0.688. The summed E-state index contributed by atoms with van der Waals surface area (Å²) in [5.74, 6) is 0. The zero-order valence-electron chi connectivity index (χ0n) is 17.0. The van der Waals surface area contributed by atoms with Crippen molar-refractivity contribution in [3.8, 4) is 16.4 Å². The summed E-state index contributed by atoms with van der Waals surface area (Å²) in [6.07, 6.45) is -3.67. The lowest BCUT2D eigenvalue weighted by atomic mass is 9.87. The Hall–Kier alpha value is -3.20. The van der Waals surface area contributed by atoms with E-state index in [9.17, 15) is 18.0 Å². The first-order chi connectivity index (χ1) is 14.5. The van der Waals surface area contributed by atoms with Gasteiger partial charge < -0.3 is 5.41 Å². The van der Waals surface area contributed by atoms with Crippen LogP contribution in [-0.4, -0.2) is 21.0 Å². The molecule has 0 bridgehead atoms. The van der Waals surface area contributed by atoms with Crippen LogP contribution in [-0.2, 0) is 11.6 Å². The zero-order valence-corrected chi connectivity index (χ0v) is 17.8. The third kappa shape index (κ3) is 3.81. The molecule has 0 amide bonds. The molecule has 2 N–H and O–H groups in total. The monoisotopic (exact) mass is 444 g/mol. The number of hydrogen-bond acceptors (Lipinski definition) is 4. The van der Waals surface area contributed by atoms with E-state index in [1.54, 1.807) is 0 Å². The van der Waals surface area contributed by atoms with Crippen LogP contribution in [0.3, 0.4) is 0 Å². The van der Waals surface area contributed by atoms with E-state index in [2.05, 4.69) is 30.9 Å². The first-order valence-electron chi connectivity index (χ1n) is 9.43. The number of aromatic nitrogens is 3. The zero-order chi connectivity index (χ0) is 22.6. The van der Waals surface area contributed by atoms with E-state index in [-0.39, 0.29) is 22.2 Å². The highest BCUT2D eigenvalue weighted by Crippen LogP contribution is 2.33. The second kappa shape index (κ2) is 7.19. The van der Waals surface area contributed by atoms with Crippen LogP contribution in [0.5, 0.6) is 0 Å². The average Bonchev–Trinajstić information content (AvgIpc) is 3.26. The Bertz CT molecular complexity index is 1360. The summed E-state index contributed by atoms with van der Waals surface area (Å²) in [7, 11) is 0. The number of hydrogen-bond donors (Lipinski definition) is 2. The Morgan fingerprint density at radius 3 is 2.48 bits per heavy atom.